The third-order valence-electron chi connectivity index (χ3n) is 5.69. The molecule has 0 aliphatic heterocycles. The van der Waals surface area contributed by atoms with Crippen molar-refractivity contribution >= 4 is 21.1 Å². The van der Waals surface area contributed by atoms with Crippen molar-refractivity contribution < 1.29 is 26.3 Å². The second kappa shape index (κ2) is 7.60. The molecule has 1 fully saturated rings. The average molecular weight is 473 g/mol. The maximum Gasteiger partial charge on any atom is 0.573 e. The Bertz CT molecular complexity index is 1450. The number of nitrogens with one attached hydrogen (secondary N) is 1. The first-order valence-electron chi connectivity index (χ1n) is 10.1. The van der Waals surface area contributed by atoms with Gasteiger partial charge in [0.15, 0.2) is 0 Å². The maximum absolute atomic E-state index is 12.3. The van der Waals surface area contributed by atoms with Crippen LogP contribution in [0.25, 0.3) is 22.2 Å². The van der Waals surface area contributed by atoms with E-state index in [1.807, 2.05) is 6.07 Å². The summed E-state index contributed by atoms with van der Waals surface area (Å²) < 4.78 is 64.8. The topological polar surface area (TPSA) is 98.1 Å². The second-order valence-corrected chi connectivity index (χ2v) is 9.49. The number of H-pyrrole nitrogens is 1. The van der Waals surface area contributed by atoms with Crippen molar-refractivity contribution in [3.05, 3.63) is 78.1 Å². The molecule has 1 saturated carbocycles. The summed E-state index contributed by atoms with van der Waals surface area (Å²) in [4.78, 5) is 8.02. The van der Waals surface area contributed by atoms with Crippen LogP contribution in [0.1, 0.15) is 29.6 Å². The van der Waals surface area contributed by atoms with Gasteiger partial charge in [0.05, 0.1) is 15.9 Å². The number of imidazole rings is 1. The van der Waals surface area contributed by atoms with E-state index >= 15 is 0 Å². The third kappa shape index (κ3) is 4.44. The van der Waals surface area contributed by atoms with Crippen LogP contribution in [0.4, 0.5) is 13.2 Å². The number of aromatic nitrogens is 2. The Labute approximate surface area is 187 Å². The first-order chi connectivity index (χ1) is 15.6. The normalized spacial score (nSPS) is 18.4. The molecule has 4 aromatic rings. The molecule has 0 bridgehead atoms. The molecule has 3 N–H and O–H groups in total. The van der Waals surface area contributed by atoms with Gasteiger partial charge in [-0.3, -0.25) is 0 Å². The number of nitrogens with two attached hydrogens (primary N) is 1. The van der Waals surface area contributed by atoms with E-state index in [1.54, 1.807) is 42.5 Å². The number of nitrogens with zero attached hydrogens (tertiary/aromatic N) is 1. The Kier molecular flexibility index (Phi) is 4.95. The lowest BCUT2D eigenvalue weighted by Gasteiger charge is -2.09. The highest BCUT2D eigenvalue weighted by atomic mass is 32.2. The number of rotatable bonds is 5. The predicted molar refractivity (Wildman–Crippen MR) is 116 cm³/mol. The van der Waals surface area contributed by atoms with E-state index in [1.165, 1.54) is 18.2 Å². The first-order valence-corrected chi connectivity index (χ1v) is 11.6. The second-order valence-electron chi connectivity index (χ2n) is 7.96. The minimum Gasteiger partial charge on any atom is -0.406 e. The number of sulfonamides is 1. The summed E-state index contributed by atoms with van der Waals surface area (Å²) in [6, 6.07) is 17.8. The van der Waals surface area contributed by atoms with Crippen LogP contribution in [0.2, 0.25) is 0 Å². The molecule has 6 nitrogen and oxygen atoms in total. The Morgan fingerprint density at radius 1 is 1.00 bits per heavy atom. The van der Waals surface area contributed by atoms with Gasteiger partial charge >= 0.3 is 6.36 Å². The highest BCUT2D eigenvalue weighted by Crippen LogP contribution is 2.54. The summed E-state index contributed by atoms with van der Waals surface area (Å²) in [5.41, 5.74) is 3.58. The first kappa shape index (κ1) is 21.5. The Hall–Kier alpha value is -3.37. The van der Waals surface area contributed by atoms with Gasteiger partial charge in [-0.2, -0.15) is 0 Å². The number of hydrogen-bond donors (Lipinski definition) is 2. The minimum absolute atomic E-state index is 0.0420. The smallest absolute Gasteiger partial charge is 0.406 e. The van der Waals surface area contributed by atoms with Crippen molar-refractivity contribution in [1.82, 2.24) is 9.97 Å². The molecule has 3 aromatic carbocycles. The van der Waals surface area contributed by atoms with Gasteiger partial charge < -0.3 is 9.72 Å². The number of benzene rings is 3. The number of fused-ring (bicyclic) bond motifs is 1. The van der Waals surface area contributed by atoms with Gasteiger partial charge in [0, 0.05) is 11.5 Å². The Balaban J connectivity index is 1.39. The fourth-order valence-corrected chi connectivity index (χ4v) is 4.86. The van der Waals surface area contributed by atoms with Gasteiger partial charge in [0.25, 0.3) is 0 Å². The van der Waals surface area contributed by atoms with E-state index in [9.17, 15) is 21.6 Å². The van der Waals surface area contributed by atoms with Crippen molar-refractivity contribution in [3.8, 4) is 16.9 Å². The standard InChI is InChI=1S/C23H18F3N3O3S/c24-23(25,26)32-15-8-5-13(6-9-15)17-12-18(17)22-28-19-10-7-14(11-20(19)29-22)16-3-1-2-4-21(16)33(27,30)31/h1-11,17-18H,12H2,(H,28,29)(H2,27,30,31). The van der Waals surface area contributed by atoms with Gasteiger partial charge in [-0.05, 0) is 53.8 Å². The van der Waals surface area contributed by atoms with Crippen molar-refractivity contribution in [3.63, 3.8) is 0 Å². The molecule has 170 valence electrons. The van der Waals surface area contributed by atoms with Crippen LogP contribution in [0, 0.1) is 0 Å². The van der Waals surface area contributed by atoms with Crippen LogP contribution in [0.5, 0.6) is 5.75 Å². The van der Waals surface area contributed by atoms with Gasteiger partial charge in [0.1, 0.15) is 11.6 Å². The van der Waals surface area contributed by atoms with Crippen LogP contribution in [-0.4, -0.2) is 24.7 Å². The SMILES string of the molecule is NS(=O)(=O)c1ccccc1-c1ccc2[nH]c(C3CC3c3ccc(OC(F)(F)F)cc3)nc2c1. The number of halogens is 3. The largest absolute Gasteiger partial charge is 0.573 e. The molecule has 10 heteroatoms. The third-order valence-corrected chi connectivity index (χ3v) is 6.66. The summed E-state index contributed by atoms with van der Waals surface area (Å²) in [5.74, 6) is 0.794. The van der Waals surface area contributed by atoms with E-state index in [0.29, 0.717) is 16.6 Å². The summed E-state index contributed by atoms with van der Waals surface area (Å²) in [7, 11) is -3.88. The zero-order valence-electron chi connectivity index (χ0n) is 17.0. The zero-order chi connectivity index (χ0) is 23.4. The molecule has 2 unspecified atom stereocenters. The van der Waals surface area contributed by atoms with Crippen molar-refractivity contribution in [2.24, 2.45) is 5.14 Å². The molecule has 0 saturated heterocycles. The van der Waals surface area contributed by atoms with E-state index in [0.717, 1.165) is 23.3 Å². The summed E-state index contributed by atoms with van der Waals surface area (Å²) in [5, 5.41) is 5.36. The highest BCUT2D eigenvalue weighted by Gasteiger charge is 2.42. The highest BCUT2D eigenvalue weighted by molar-refractivity contribution is 7.89. The number of ether oxygens (including phenoxy) is 1. The Morgan fingerprint density at radius 3 is 2.42 bits per heavy atom. The molecular formula is C23H18F3N3O3S. The number of aromatic amines is 1. The van der Waals surface area contributed by atoms with Crippen molar-refractivity contribution in [1.29, 1.82) is 0 Å². The lowest BCUT2D eigenvalue weighted by molar-refractivity contribution is -0.274. The maximum atomic E-state index is 12.3. The zero-order valence-corrected chi connectivity index (χ0v) is 17.8. The molecule has 1 aliphatic carbocycles. The number of hydrogen-bond acceptors (Lipinski definition) is 4. The average Bonchev–Trinajstić information content (AvgIpc) is 3.43. The van der Waals surface area contributed by atoms with Gasteiger partial charge in [0.2, 0.25) is 10.0 Å². The summed E-state index contributed by atoms with van der Waals surface area (Å²) >= 11 is 0. The Morgan fingerprint density at radius 2 is 1.73 bits per heavy atom. The van der Waals surface area contributed by atoms with Crippen LogP contribution in [0.15, 0.2) is 71.6 Å². The fourth-order valence-electron chi connectivity index (χ4n) is 4.10. The molecule has 0 amide bonds. The van der Waals surface area contributed by atoms with Crippen LogP contribution < -0.4 is 9.88 Å². The van der Waals surface area contributed by atoms with Crippen molar-refractivity contribution in [2.45, 2.75) is 29.5 Å². The summed E-state index contributed by atoms with van der Waals surface area (Å²) in [6.07, 6.45) is -3.90. The lowest BCUT2D eigenvalue weighted by atomic mass is 10.1. The minimum atomic E-state index is -4.72. The van der Waals surface area contributed by atoms with E-state index in [4.69, 9.17) is 5.14 Å². The fraction of sp³-hybridized carbons (Fsp3) is 0.174. The molecule has 2 atom stereocenters. The molecule has 33 heavy (non-hydrogen) atoms. The van der Waals surface area contributed by atoms with Crippen molar-refractivity contribution in [2.75, 3.05) is 0 Å². The van der Waals surface area contributed by atoms with Crippen LogP contribution >= 0.6 is 0 Å². The molecule has 1 aliphatic rings. The number of alkyl halides is 3. The van der Waals surface area contributed by atoms with Crippen LogP contribution in [0.3, 0.4) is 0 Å². The number of primary sulfonamides is 1. The quantitative estimate of drug-likeness (QED) is 0.424. The molecule has 1 aromatic heterocycles. The molecule has 5 rings (SSSR count). The molecule has 0 spiro atoms. The van der Waals surface area contributed by atoms with Gasteiger partial charge in [-0.25, -0.2) is 18.5 Å². The monoisotopic (exact) mass is 473 g/mol. The van der Waals surface area contributed by atoms with E-state index in [-0.39, 0.29) is 22.5 Å². The lowest BCUT2D eigenvalue weighted by Crippen LogP contribution is -2.16. The van der Waals surface area contributed by atoms with Gasteiger partial charge in [-0.1, -0.05) is 36.4 Å². The van der Waals surface area contributed by atoms with E-state index in [2.05, 4.69) is 14.7 Å². The molecular weight excluding hydrogens is 455 g/mol. The molecule has 0 radical (unpaired) electrons. The van der Waals surface area contributed by atoms with Crippen LogP contribution in [-0.2, 0) is 10.0 Å². The predicted octanol–water partition coefficient (Wildman–Crippen LogP) is 5.05. The molecule has 1 heterocycles. The van der Waals surface area contributed by atoms with E-state index < -0.39 is 16.4 Å². The summed E-state index contributed by atoms with van der Waals surface area (Å²) in [6.45, 7) is 0. The van der Waals surface area contributed by atoms with Gasteiger partial charge in [-0.15, -0.1) is 13.2 Å².